The fraction of sp³-hybridized carbons (Fsp3) is 0.156. The molecular formula is C32H28FN5O3. The minimum atomic E-state index is -0.569. The summed E-state index contributed by atoms with van der Waals surface area (Å²) in [6.45, 7) is 4.55. The lowest BCUT2D eigenvalue weighted by Gasteiger charge is -2.34. The van der Waals surface area contributed by atoms with Crippen LogP contribution in [0.5, 0.6) is 11.5 Å². The van der Waals surface area contributed by atoms with Gasteiger partial charge in [-0.15, -0.1) is 0 Å². The Morgan fingerprint density at radius 3 is 2.59 bits per heavy atom. The van der Waals surface area contributed by atoms with E-state index >= 15 is 0 Å². The van der Waals surface area contributed by atoms with Crippen LogP contribution in [0.2, 0.25) is 0 Å². The van der Waals surface area contributed by atoms with E-state index in [1.807, 2.05) is 43.0 Å². The predicted molar refractivity (Wildman–Crippen MR) is 158 cm³/mol. The minimum Gasteiger partial charge on any atom is -0.508 e. The van der Waals surface area contributed by atoms with Gasteiger partial charge in [0.15, 0.2) is 0 Å². The van der Waals surface area contributed by atoms with Gasteiger partial charge in [-0.05, 0) is 71.3 Å². The van der Waals surface area contributed by atoms with Gasteiger partial charge in [0.25, 0.3) is 5.56 Å². The zero-order chi connectivity index (χ0) is 28.8. The van der Waals surface area contributed by atoms with Crippen molar-refractivity contribution in [3.63, 3.8) is 0 Å². The Kier molecular flexibility index (Phi) is 6.42. The smallest absolute Gasteiger partial charge is 0.263 e. The second-order valence-electron chi connectivity index (χ2n) is 10.1. The molecular weight excluding hydrogens is 521 g/mol. The number of fused-ring (bicyclic) bond motifs is 2. The van der Waals surface area contributed by atoms with E-state index in [2.05, 4.69) is 9.97 Å². The van der Waals surface area contributed by atoms with Crippen molar-refractivity contribution in [2.24, 2.45) is 0 Å². The van der Waals surface area contributed by atoms with Gasteiger partial charge < -0.3 is 20.8 Å². The molecule has 0 amide bonds. The first-order chi connectivity index (χ1) is 19.8. The zero-order valence-electron chi connectivity index (χ0n) is 22.6. The van der Waals surface area contributed by atoms with E-state index in [9.17, 15) is 19.4 Å². The molecule has 41 heavy (non-hydrogen) atoms. The number of aryl methyl sites for hydroxylation is 1. The number of phenols is 2. The maximum Gasteiger partial charge on any atom is 0.263 e. The molecule has 2 aromatic heterocycles. The number of anilines is 2. The van der Waals surface area contributed by atoms with Gasteiger partial charge in [0.05, 0.1) is 23.2 Å². The quantitative estimate of drug-likeness (QED) is 0.267. The molecule has 4 N–H and O–H groups in total. The number of phenolic OH excluding ortho intramolecular Hbond substituents is 2. The van der Waals surface area contributed by atoms with Crippen molar-refractivity contribution < 1.29 is 14.6 Å². The van der Waals surface area contributed by atoms with E-state index in [1.165, 1.54) is 18.5 Å². The highest BCUT2D eigenvalue weighted by Gasteiger charge is 2.30. The van der Waals surface area contributed by atoms with Gasteiger partial charge in [0.2, 0.25) is 0 Å². The summed E-state index contributed by atoms with van der Waals surface area (Å²) in [5.41, 5.74) is 10.7. The predicted octanol–water partition coefficient (Wildman–Crippen LogP) is 5.45. The molecule has 6 rings (SSSR count). The summed E-state index contributed by atoms with van der Waals surface area (Å²) >= 11 is 0. The van der Waals surface area contributed by atoms with Crippen LogP contribution in [-0.2, 0) is 6.54 Å². The maximum absolute atomic E-state index is 14.4. The molecule has 0 atom stereocenters. The normalized spacial score (nSPS) is 13.1. The van der Waals surface area contributed by atoms with Crippen molar-refractivity contribution in [2.45, 2.75) is 26.8 Å². The molecule has 1 aliphatic rings. The number of nitrogen functional groups attached to an aromatic ring is 1. The number of hydrogen-bond donors (Lipinski definition) is 3. The van der Waals surface area contributed by atoms with Crippen molar-refractivity contribution in [3.8, 4) is 17.2 Å². The number of hydrogen-bond acceptors (Lipinski definition) is 7. The van der Waals surface area contributed by atoms with E-state index in [-0.39, 0.29) is 29.4 Å². The average molecular weight is 550 g/mol. The van der Waals surface area contributed by atoms with Crippen LogP contribution >= 0.6 is 0 Å². The van der Waals surface area contributed by atoms with Crippen molar-refractivity contribution in [1.82, 2.24) is 14.5 Å². The average Bonchev–Trinajstić information content (AvgIpc) is 2.93. The van der Waals surface area contributed by atoms with E-state index in [1.54, 1.807) is 28.8 Å². The lowest BCUT2D eigenvalue weighted by atomic mass is 9.88. The first-order valence-corrected chi connectivity index (χ1v) is 13.3. The number of nitrogens with zero attached hydrogens (tertiary/aromatic N) is 4. The van der Waals surface area contributed by atoms with E-state index in [4.69, 9.17) is 5.73 Å². The number of nitrogens with two attached hydrogens (primary N) is 1. The molecule has 0 radical (unpaired) electrons. The molecule has 3 heterocycles. The molecule has 0 fully saturated rings. The number of aromatic nitrogens is 3. The van der Waals surface area contributed by atoms with Gasteiger partial charge in [-0.25, -0.2) is 14.4 Å². The Morgan fingerprint density at radius 2 is 1.83 bits per heavy atom. The number of benzene rings is 3. The first kappa shape index (κ1) is 26.1. The number of para-hydroxylation sites is 2. The molecule has 0 saturated carbocycles. The van der Waals surface area contributed by atoms with Crippen molar-refractivity contribution >= 4 is 28.0 Å². The van der Waals surface area contributed by atoms with E-state index in [0.29, 0.717) is 52.3 Å². The first-order valence-electron chi connectivity index (χ1n) is 13.3. The van der Waals surface area contributed by atoms with Crippen LogP contribution in [0.3, 0.4) is 0 Å². The van der Waals surface area contributed by atoms with Crippen LogP contribution in [0.1, 0.15) is 35.7 Å². The number of pyridine rings is 1. The second kappa shape index (κ2) is 10.1. The summed E-state index contributed by atoms with van der Waals surface area (Å²) in [5, 5.41) is 22.3. The van der Waals surface area contributed by atoms with Gasteiger partial charge in [-0.3, -0.25) is 9.36 Å². The minimum absolute atomic E-state index is 0.0169. The van der Waals surface area contributed by atoms with Crippen LogP contribution in [0, 0.1) is 12.7 Å². The van der Waals surface area contributed by atoms with Crippen LogP contribution in [0.25, 0.3) is 22.0 Å². The lowest BCUT2D eigenvalue weighted by Crippen LogP contribution is -2.34. The van der Waals surface area contributed by atoms with Gasteiger partial charge in [0, 0.05) is 18.3 Å². The highest BCUT2D eigenvalue weighted by molar-refractivity contribution is 5.94. The molecule has 8 nitrogen and oxygen atoms in total. The summed E-state index contributed by atoms with van der Waals surface area (Å²) in [5.74, 6) is -0.0385. The molecule has 206 valence electrons. The molecule has 0 unspecified atom stereocenters. The summed E-state index contributed by atoms with van der Waals surface area (Å²) in [4.78, 5) is 24.8. The van der Waals surface area contributed by atoms with Crippen LogP contribution in [-0.4, -0.2) is 31.3 Å². The highest BCUT2D eigenvalue weighted by Crippen LogP contribution is 2.42. The molecule has 0 saturated heterocycles. The second-order valence-corrected chi connectivity index (χ2v) is 10.1. The summed E-state index contributed by atoms with van der Waals surface area (Å²) in [6, 6.07) is 18.3. The number of halogens is 1. The standard InChI is InChI=1S/C32H28FN5O3/c1-3-19-15-37(31-29(30(34)35-17-36-31)28(19)21-11-22(33)14-24(39)13-21)16-23-12-20-8-6-7-18(2)27(20)32(41)38(23)25-9-4-5-10-26(25)40/h4-14,17,39-40H,3,15-16H2,1-2H3,(H2,34,35,36). The number of aromatic hydroxyl groups is 2. The summed E-state index contributed by atoms with van der Waals surface area (Å²) in [7, 11) is 0. The Balaban J connectivity index is 1.57. The van der Waals surface area contributed by atoms with Gasteiger partial charge in [-0.1, -0.05) is 37.3 Å². The maximum atomic E-state index is 14.4. The Morgan fingerprint density at radius 1 is 1.02 bits per heavy atom. The SMILES string of the molecule is CCC1=C(c2cc(O)cc(F)c2)c2c(N)ncnc2N(Cc2cc3cccc(C)c3c(=O)n2-c2ccccc2O)C1. The highest BCUT2D eigenvalue weighted by atomic mass is 19.1. The molecule has 0 bridgehead atoms. The van der Waals surface area contributed by atoms with E-state index in [0.717, 1.165) is 22.6 Å². The van der Waals surface area contributed by atoms with Crippen molar-refractivity contribution in [1.29, 1.82) is 0 Å². The van der Waals surface area contributed by atoms with Crippen LogP contribution < -0.4 is 16.2 Å². The van der Waals surface area contributed by atoms with Gasteiger partial charge in [0.1, 0.15) is 35.3 Å². The van der Waals surface area contributed by atoms with Crippen molar-refractivity contribution in [2.75, 3.05) is 17.2 Å². The third-order valence-corrected chi connectivity index (χ3v) is 7.55. The third-order valence-electron chi connectivity index (χ3n) is 7.55. The molecule has 1 aliphatic heterocycles. The van der Waals surface area contributed by atoms with Crippen LogP contribution in [0.4, 0.5) is 16.0 Å². The topological polar surface area (TPSA) is 118 Å². The molecule has 0 aliphatic carbocycles. The lowest BCUT2D eigenvalue weighted by molar-refractivity contribution is 0.468. The fourth-order valence-electron chi connectivity index (χ4n) is 5.73. The zero-order valence-corrected chi connectivity index (χ0v) is 22.6. The summed E-state index contributed by atoms with van der Waals surface area (Å²) < 4.78 is 15.9. The number of rotatable bonds is 5. The molecule has 3 aromatic carbocycles. The Hall–Kier alpha value is -5.18. The Bertz CT molecular complexity index is 1910. The third kappa shape index (κ3) is 4.45. The van der Waals surface area contributed by atoms with E-state index < -0.39 is 5.82 Å². The Labute approximate surface area is 235 Å². The van der Waals surface area contributed by atoms with Gasteiger partial charge in [-0.2, -0.15) is 0 Å². The van der Waals surface area contributed by atoms with Crippen molar-refractivity contribution in [3.05, 3.63) is 117 Å². The fourth-order valence-corrected chi connectivity index (χ4v) is 5.73. The largest absolute Gasteiger partial charge is 0.508 e. The molecule has 0 spiro atoms. The van der Waals surface area contributed by atoms with Crippen LogP contribution in [0.15, 0.2) is 83.4 Å². The molecule has 9 heteroatoms. The monoisotopic (exact) mass is 549 g/mol. The molecule has 5 aromatic rings. The summed E-state index contributed by atoms with van der Waals surface area (Å²) in [6.07, 6.45) is 1.98. The van der Waals surface area contributed by atoms with Gasteiger partial charge >= 0.3 is 0 Å².